The van der Waals surface area contributed by atoms with E-state index in [9.17, 15) is 0 Å². The lowest BCUT2D eigenvalue weighted by atomic mass is 9.80. The van der Waals surface area contributed by atoms with Crippen molar-refractivity contribution in [2.24, 2.45) is 0 Å². The minimum absolute atomic E-state index is 0.131. The zero-order chi connectivity index (χ0) is 33.8. The van der Waals surface area contributed by atoms with E-state index in [0.717, 1.165) is 0 Å². The number of thiophene rings is 1. The standard InChI is InChI=1S/C49H33NS/c1-49(2)42-29-34(23-24-37(42)39-25-27-46-47(48(39)49)40-14-6-8-17-45(40)51-46)50-43-16-7-5-13-38(43)41-28-33(22-26-44(41)50)30-18-20-32(21-19-30)36-15-9-11-31-10-3-4-12-35(31)36/h3-29H,1-2H3. The van der Waals surface area contributed by atoms with Crippen LogP contribution in [-0.4, -0.2) is 4.57 Å². The summed E-state index contributed by atoms with van der Waals surface area (Å²) in [4.78, 5) is 0. The fraction of sp³-hybridized carbons (Fsp3) is 0.0612. The van der Waals surface area contributed by atoms with Gasteiger partial charge in [-0.3, -0.25) is 0 Å². The van der Waals surface area contributed by atoms with Crippen LogP contribution in [0.4, 0.5) is 0 Å². The van der Waals surface area contributed by atoms with Crippen molar-refractivity contribution in [3.63, 3.8) is 0 Å². The zero-order valence-corrected chi connectivity index (χ0v) is 29.3. The Morgan fingerprint density at radius 1 is 0.451 bits per heavy atom. The summed E-state index contributed by atoms with van der Waals surface area (Å²) in [6.45, 7) is 4.83. The number of aromatic nitrogens is 1. The van der Waals surface area contributed by atoms with E-state index in [1.165, 1.54) is 103 Å². The van der Waals surface area contributed by atoms with Crippen molar-refractivity contribution < 1.29 is 0 Å². The summed E-state index contributed by atoms with van der Waals surface area (Å²) in [6, 6.07) is 60.8. The summed E-state index contributed by atoms with van der Waals surface area (Å²) in [5.41, 5.74) is 14.1. The van der Waals surface area contributed by atoms with E-state index < -0.39 is 0 Å². The third-order valence-corrected chi connectivity index (χ3v) is 12.5. The van der Waals surface area contributed by atoms with Crippen molar-refractivity contribution in [3.05, 3.63) is 175 Å². The molecule has 2 aromatic heterocycles. The largest absolute Gasteiger partial charge is 0.309 e. The molecule has 10 aromatic rings. The van der Waals surface area contributed by atoms with Crippen LogP contribution in [0.15, 0.2) is 164 Å². The van der Waals surface area contributed by atoms with Crippen LogP contribution >= 0.6 is 11.3 Å². The van der Waals surface area contributed by atoms with Gasteiger partial charge in [-0.1, -0.05) is 135 Å². The molecule has 0 N–H and O–H groups in total. The second-order valence-corrected chi connectivity index (χ2v) is 15.6. The van der Waals surface area contributed by atoms with E-state index in [1.54, 1.807) is 0 Å². The summed E-state index contributed by atoms with van der Waals surface area (Å²) in [7, 11) is 0. The van der Waals surface area contributed by atoms with Crippen LogP contribution in [0.1, 0.15) is 25.0 Å². The first-order valence-corrected chi connectivity index (χ1v) is 18.6. The summed E-state index contributed by atoms with van der Waals surface area (Å²) in [6.07, 6.45) is 0. The average Bonchev–Trinajstić information content (AvgIpc) is 3.79. The highest BCUT2D eigenvalue weighted by Crippen LogP contribution is 2.54. The van der Waals surface area contributed by atoms with Crippen molar-refractivity contribution in [1.29, 1.82) is 0 Å². The summed E-state index contributed by atoms with van der Waals surface area (Å²) >= 11 is 1.91. The Balaban J connectivity index is 1.03. The van der Waals surface area contributed by atoms with Gasteiger partial charge in [0.05, 0.1) is 11.0 Å². The number of hydrogen-bond donors (Lipinski definition) is 0. The molecule has 2 heterocycles. The molecule has 0 unspecified atom stereocenters. The van der Waals surface area contributed by atoms with Crippen LogP contribution < -0.4 is 0 Å². The van der Waals surface area contributed by atoms with Crippen molar-refractivity contribution in [1.82, 2.24) is 4.57 Å². The maximum Gasteiger partial charge on any atom is 0.0541 e. The first kappa shape index (κ1) is 28.8. The predicted octanol–water partition coefficient (Wildman–Crippen LogP) is 13.9. The Kier molecular flexibility index (Phi) is 5.95. The summed E-state index contributed by atoms with van der Waals surface area (Å²) in [5, 5.41) is 7.90. The number of benzene rings is 8. The minimum Gasteiger partial charge on any atom is -0.309 e. The van der Waals surface area contributed by atoms with Crippen molar-refractivity contribution in [2.75, 3.05) is 0 Å². The smallest absolute Gasteiger partial charge is 0.0541 e. The molecule has 1 aliphatic carbocycles. The molecule has 0 bridgehead atoms. The first-order valence-electron chi connectivity index (χ1n) is 17.8. The van der Waals surface area contributed by atoms with Crippen LogP contribution in [0, 0.1) is 0 Å². The van der Waals surface area contributed by atoms with E-state index in [-0.39, 0.29) is 5.41 Å². The molecule has 1 nitrogen and oxygen atoms in total. The van der Waals surface area contributed by atoms with Crippen molar-refractivity contribution in [3.8, 4) is 39.1 Å². The quantitative estimate of drug-likeness (QED) is 0.177. The van der Waals surface area contributed by atoms with Gasteiger partial charge in [0.2, 0.25) is 0 Å². The number of para-hydroxylation sites is 1. The Bertz CT molecular complexity index is 3040. The van der Waals surface area contributed by atoms with Crippen LogP contribution in [0.3, 0.4) is 0 Å². The van der Waals surface area contributed by atoms with Gasteiger partial charge < -0.3 is 4.57 Å². The second-order valence-electron chi connectivity index (χ2n) is 14.5. The third kappa shape index (κ3) is 4.08. The fourth-order valence-electron chi connectivity index (χ4n) is 9.00. The highest BCUT2D eigenvalue weighted by molar-refractivity contribution is 7.25. The molecule has 0 saturated carbocycles. The third-order valence-electron chi connectivity index (χ3n) is 11.4. The maximum atomic E-state index is 2.47. The zero-order valence-electron chi connectivity index (χ0n) is 28.4. The molecule has 51 heavy (non-hydrogen) atoms. The summed E-state index contributed by atoms with van der Waals surface area (Å²) < 4.78 is 5.20. The first-order chi connectivity index (χ1) is 25.0. The van der Waals surface area contributed by atoms with Gasteiger partial charge in [0.1, 0.15) is 0 Å². The van der Waals surface area contributed by atoms with Crippen molar-refractivity contribution in [2.45, 2.75) is 19.3 Å². The molecule has 1 aliphatic rings. The molecular formula is C49H33NS. The van der Waals surface area contributed by atoms with Gasteiger partial charge >= 0.3 is 0 Å². The molecule has 0 amide bonds. The lowest BCUT2D eigenvalue weighted by molar-refractivity contribution is 0.666. The number of nitrogens with zero attached hydrogens (tertiary/aromatic N) is 1. The van der Waals surface area contributed by atoms with Gasteiger partial charge in [-0.2, -0.15) is 0 Å². The molecule has 0 fully saturated rings. The van der Waals surface area contributed by atoms with Gasteiger partial charge in [-0.25, -0.2) is 0 Å². The van der Waals surface area contributed by atoms with Crippen LogP contribution in [0.2, 0.25) is 0 Å². The lowest BCUT2D eigenvalue weighted by Crippen LogP contribution is -2.15. The highest BCUT2D eigenvalue weighted by atomic mass is 32.1. The SMILES string of the molecule is CC1(C)c2cc(-n3c4ccccc4c4cc(-c5ccc(-c6cccc7ccccc67)cc5)ccc43)ccc2-c2ccc3sc4ccccc4c3c21. The Morgan fingerprint density at radius 3 is 2.02 bits per heavy atom. The normalized spacial score (nSPS) is 13.5. The molecule has 0 spiro atoms. The van der Waals surface area contributed by atoms with E-state index in [4.69, 9.17) is 0 Å². The Hall–Kier alpha value is -5.96. The molecule has 2 heteroatoms. The molecule has 0 aliphatic heterocycles. The molecule has 0 saturated heterocycles. The van der Waals surface area contributed by atoms with Gasteiger partial charge in [0.15, 0.2) is 0 Å². The highest BCUT2D eigenvalue weighted by Gasteiger charge is 2.38. The maximum absolute atomic E-state index is 2.47. The van der Waals surface area contributed by atoms with E-state index in [0.29, 0.717) is 0 Å². The van der Waals surface area contributed by atoms with Crippen molar-refractivity contribution >= 4 is 64.1 Å². The predicted molar refractivity (Wildman–Crippen MR) is 220 cm³/mol. The Morgan fingerprint density at radius 2 is 1.14 bits per heavy atom. The van der Waals surface area contributed by atoms with E-state index in [2.05, 4.69) is 182 Å². The molecular weight excluding hydrogens is 635 g/mol. The lowest BCUT2D eigenvalue weighted by Gasteiger charge is -2.23. The molecule has 0 atom stereocenters. The Labute approximate surface area is 300 Å². The van der Waals surface area contributed by atoms with Gasteiger partial charge in [0.25, 0.3) is 0 Å². The molecule has 11 rings (SSSR count). The molecule has 8 aromatic carbocycles. The minimum atomic E-state index is -0.131. The monoisotopic (exact) mass is 667 g/mol. The van der Waals surface area contributed by atoms with Gasteiger partial charge in [0, 0.05) is 42.0 Å². The fourth-order valence-corrected chi connectivity index (χ4v) is 10.1. The van der Waals surface area contributed by atoms with Gasteiger partial charge in [-0.15, -0.1) is 11.3 Å². The molecule has 0 radical (unpaired) electrons. The number of rotatable bonds is 3. The number of fused-ring (bicyclic) bond motifs is 11. The van der Waals surface area contributed by atoms with E-state index in [1.807, 2.05) is 11.3 Å². The molecule has 240 valence electrons. The van der Waals surface area contributed by atoms with Crippen LogP contribution in [-0.2, 0) is 5.41 Å². The van der Waals surface area contributed by atoms with Crippen LogP contribution in [0.25, 0.3) is 91.8 Å². The topological polar surface area (TPSA) is 4.93 Å². The summed E-state index contributed by atoms with van der Waals surface area (Å²) in [5.74, 6) is 0. The average molecular weight is 668 g/mol. The van der Waals surface area contributed by atoms with E-state index >= 15 is 0 Å². The van der Waals surface area contributed by atoms with Crippen LogP contribution in [0.5, 0.6) is 0 Å². The van der Waals surface area contributed by atoms with Gasteiger partial charge in [-0.05, 0) is 97.7 Å². The number of hydrogen-bond acceptors (Lipinski definition) is 1. The second kappa shape index (κ2) is 10.5.